The van der Waals surface area contributed by atoms with E-state index in [0.717, 1.165) is 11.1 Å². The highest BCUT2D eigenvalue weighted by Crippen LogP contribution is 2.28. The Morgan fingerprint density at radius 3 is 2.94 bits per heavy atom. The molecule has 0 N–H and O–H groups in total. The molecular weight excluding hydrogens is 261 g/mol. The maximum atomic E-state index is 13.6. The summed E-state index contributed by atoms with van der Waals surface area (Å²) >= 11 is 7.30. The normalized spacial score (nSPS) is 12.5. The van der Waals surface area contributed by atoms with Gasteiger partial charge in [0.2, 0.25) is 5.28 Å². The standard InChI is InChI=1S/C11H11ClFN3S/c1-7(9-4-3-5-17-9)16(2)10-8(13)6-14-11(12)15-10/h3-7H,1-2H3. The molecule has 0 aromatic carbocycles. The molecule has 0 saturated carbocycles. The minimum atomic E-state index is -0.472. The molecule has 0 amide bonds. The van der Waals surface area contributed by atoms with E-state index in [1.165, 1.54) is 0 Å². The van der Waals surface area contributed by atoms with Crippen LogP contribution in [0, 0.1) is 5.82 Å². The van der Waals surface area contributed by atoms with E-state index in [4.69, 9.17) is 11.6 Å². The highest BCUT2D eigenvalue weighted by molar-refractivity contribution is 7.10. The Morgan fingerprint density at radius 2 is 2.29 bits per heavy atom. The Morgan fingerprint density at radius 1 is 1.53 bits per heavy atom. The first-order valence-corrected chi connectivity index (χ1v) is 6.29. The van der Waals surface area contributed by atoms with E-state index in [9.17, 15) is 4.39 Å². The zero-order valence-electron chi connectivity index (χ0n) is 9.39. The van der Waals surface area contributed by atoms with Crippen LogP contribution in [0.3, 0.4) is 0 Å². The Kier molecular flexibility index (Phi) is 3.59. The van der Waals surface area contributed by atoms with Crippen LogP contribution >= 0.6 is 22.9 Å². The first-order chi connectivity index (χ1) is 8.09. The molecule has 0 fully saturated rings. The van der Waals surface area contributed by atoms with Gasteiger partial charge in [0.1, 0.15) is 0 Å². The minimum absolute atomic E-state index is 0.0375. The van der Waals surface area contributed by atoms with Gasteiger partial charge in [-0.3, -0.25) is 0 Å². The molecule has 2 aromatic heterocycles. The lowest BCUT2D eigenvalue weighted by Gasteiger charge is -2.25. The van der Waals surface area contributed by atoms with Gasteiger partial charge in [0.05, 0.1) is 12.2 Å². The zero-order valence-corrected chi connectivity index (χ0v) is 11.0. The van der Waals surface area contributed by atoms with Crippen LogP contribution in [-0.2, 0) is 0 Å². The van der Waals surface area contributed by atoms with E-state index in [-0.39, 0.29) is 17.1 Å². The van der Waals surface area contributed by atoms with E-state index in [2.05, 4.69) is 9.97 Å². The molecule has 2 rings (SSSR count). The van der Waals surface area contributed by atoms with Gasteiger partial charge in [0.15, 0.2) is 11.6 Å². The van der Waals surface area contributed by atoms with Gasteiger partial charge in [0.25, 0.3) is 0 Å². The average Bonchev–Trinajstić information content (AvgIpc) is 2.84. The second-order valence-corrected chi connectivity index (χ2v) is 4.93. The molecule has 1 atom stereocenters. The van der Waals surface area contributed by atoms with Crippen molar-refractivity contribution in [3.63, 3.8) is 0 Å². The first kappa shape index (κ1) is 12.3. The van der Waals surface area contributed by atoms with Crippen LogP contribution in [0.4, 0.5) is 10.2 Å². The van der Waals surface area contributed by atoms with Crippen LogP contribution in [0.2, 0.25) is 5.28 Å². The maximum Gasteiger partial charge on any atom is 0.224 e. The Labute approximate surface area is 108 Å². The van der Waals surface area contributed by atoms with E-state index in [1.54, 1.807) is 23.3 Å². The first-order valence-electron chi connectivity index (χ1n) is 5.04. The number of thiophene rings is 1. The molecule has 0 aliphatic heterocycles. The quantitative estimate of drug-likeness (QED) is 0.800. The van der Waals surface area contributed by atoms with Crippen LogP contribution in [0.5, 0.6) is 0 Å². The Balaban J connectivity index is 2.30. The largest absolute Gasteiger partial charge is 0.350 e. The van der Waals surface area contributed by atoms with Crippen molar-refractivity contribution in [2.24, 2.45) is 0 Å². The highest BCUT2D eigenvalue weighted by atomic mass is 35.5. The number of hydrogen-bond donors (Lipinski definition) is 0. The minimum Gasteiger partial charge on any atom is -0.350 e. The number of halogens is 2. The summed E-state index contributed by atoms with van der Waals surface area (Å²) in [5.74, 6) is -0.258. The third-order valence-electron chi connectivity index (χ3n) is 2.57. The molecule has 2 heterocycles. The summed E-state index contributed by atoms with van der Waals surface area (Å²) in [6.07, 6.45) is 1.09. The second-order valence-electron chi connectivity index (χ2n) is 3.61. The van der Waals surface area contributed by atoms with Gasteiger partial charge in [-0.05, 0) is 30.0 Å². The molecule has 6 heteroatoms. The Bertz CT molecular complexity index is 503. The van der Waals surface area contributed by atoms with Gasteiger partial charge in [-0.2, -0.15) is 4.98 Å². The van der Waals surface area contributed by atoms with Gasteiger partial charge >= 0.3 is 0 Å². The lowest BCUT2D eigenvalue weighted by atomic mass is 10.2. The van der Waals surface area contributed by atoms with Crippen LogP contribution in [-0.4, -0.2) is 17.0 Å². The molecule has 0 radical (unpaired) electrons. The van der Waals surface area contributed by atoms with Crippen molar-refractivity contribution < 1.29 is 4.39 Å². The third kappa shape index (κ3) is 2.56. The summed E-state index contributed by atoms with van der Waals surface area (Å²) in [6, 6.07) is 4.01. The fourth-order valence-corrected chi connectivity index (χ4v) is 2.44. The van der Waals surface area contributed by atoms with Gasteiger partial charge in [-0.15, -0.1) is 11.3 Å². The molecule has 1 unspecified atom stereocenters. The predicted molar refractivity (Wildman–Crippen MR) is 68.1 cm³/mol. The van der Waals surface area contributed by atoms with Crippen molar-refractivity contribution in [1.82, 2.24) is 9.97 Å². The third-order valence-corrected chi connectivity index (χ3v) is 3.79. The summed E-state index contributed by atoms with van der Waals surface area (Å²) in [5, 5.41) is 2.04. The fraction of sp³-hybridized carbons (Fsp3) is 0.273. The van der Waals surface area contributed by atoms with Crippen LogP contribution in [0.15, 0.2) is 23.7 Å². The summed E-state index contributed by atoms with van der Waals surface area (Å²) in [5.41, 5.74) is 0. The van der Waals surface area contributed by atoms with E-state index in [1.807, 2.05) is 24.4 Å². The van der Waals surface area contributed by atoms with E-state index < -0.39 is 5.82 Å². The van der Waals surface area contributed by atoms with Crippen molar-refractivity contribution in [3.05, 3.63) is 39.7 Å². The molecule has 2 aromatic rings. The smallest absolute Gasteiger partial charge is 0.224 e. The number of nitrogens with zero attached hydrogens (tertiary/aromatic N) is 3. The van der Waals surface area contributed by atoms with E-state index in [0.29, 0.717) is 0 Å². The topological polar surface area (TPSA) is 29.0 Å². The van der Waals surface area contributed by atoms with Gasteiger partial charge in [0, 0.05) is 11.9 Å². The number of aromatic nitrogens is 2. The summed E-state index contributed by atoms with van der Waals surface area (Å²) in [6.45, 7) is 1.99. The number of rotatable bonds is 3. The maximum absolute atomic E-state index is 13.6. The van der Waals surface area contributed by atoms with Crippen LogP contribution in [0.25, 0.3) is 0 Å². The van der Waals surface area contributed by atoms with Crippen molar-refractivity contribution in [3.8, 4) is 0 Å². The SMILES string of the molecule is CC(c1cccs1)N(C)c1nc(Cl)ncc1F. The number of hydrogen-bond acceptors (Lipinski definition) is 4. The summed E-state index contributed by atoms with van der Waals surface area (Å²) in [7, 11) is 1.78. The van der Waals surface area contributed by atoms with E-state index >= 15 is 0 Å². The lowest BCUT2D eigenvalue weighted by molar-refractivity contribution is 0.597. The predicted octanol–water partition coefficient (Wildman–Crippen LogP) is 3.53. The van der Waals surface area contributed by atoms with Crippen molar-refractivity contribution in [2.45, 2.75) is 13.0 Å². The van der Waals surface area contributed by atoms with Crippen molar-refractivity contribution >= 4 is 28.8 Å². The monoisotopic (exact) mass is 271 g/mol. The van der Waals surface area contributed by atoms with Crippen molar-refractivity contribution in [2.75, 3.05) is 11.9 Å². The molecule has 3 nitrogen and oxygen atoms in total. The molecular formula is C11H11ClFN3S. The molecule has 17 heavy (non-hydrogen) atoms. The molecule has 0 saturated heterocycles. The summed E-state index contributed by atoms with van der Waals surface area (Å²) in [4.78, 5) is 10.4. The van der Waals surface area contributed by atoms with Crippen LogP contribution in [0.1, 0.15) is 17.8 Å². The number of anilines is 1. The lowest BCUT2D eigenvalue weighted by Crippen LogP contribution is -2.23. The molecule has 0 aliphatic rings. The fourth-order valence-electron chi connectivity index (χ4n) is 1.49. The summed E-state index contributed by atoms with van der Waals surface area (Å²) < 4.78 is 13.6. The molecule has 90 valence electrons. The second kappa shape index (κ2) is 4.98. The van der Waals surface area contributed by atoms with Crippen molar-refractivity contribution in [1.29, 1.82) is 0 Å². The van der Waals surface area contributed by atoms with Gasteiger partial charge < -0.3 is 4.90 Å². The Hall–Kier alpha value is -1.20. The van der Waals surface area contributed by atoms with Gasteiger partial charge in [-0.25, -0.2) is 9.37 Å². The highest BCUT2D eigenvalue weighted by Gasteiger charge is 2.18. The molecule has 0 bridgehead atoms. The molecule has 0 spiro atoms. The van der Waals surface area contributed by atoms with Gasteiger partial charge in [-0.1, -0.05) is 6.07 Å². The molecule has 0 aliphatic carbocycles. The van der Waals surface area contributed by atoms with Crippen LogP contribution < -0.4 is 4.90 Å². The zero-order chi connectivity index (χ0) is 12.4. The average molecular weight is 272 g/mol.